The van der Waals surface area contributed by atoms with Crippen LogP contribution in [0, 0.1) is 10.5 Å². The first-order valence-corrected chi connectivity index (χ1v) is 4.70. The summed E-state index contributed by atoms with van der Waals surface area (Å²) in [7, 11) is 0. The lowest BCUT2D eigenvalue weighted by Gasteiger charge is -2.06. The SMILES string of the molecule is Cc1c(I)cc(C(F)F)nc1C(=O)O. The van der Waals surface area contributed by atoms with Crippen LogP contribution in [0.5, 0.6) is 0 Å². The molecule has 0 unspecified atom stereocenters. The van der Waals surface area contributed by atoms with E-state index in [2.05, 4.69) is 4.98 Å². The molecule has 0 saturated heterocycles. The molecular formula is C8H6F2INO2. The van der Waals surface area contributed by atoms with Crippen molar-refractivity contribution in [1.82, 2.24) is 4.98 Å². The van der Waals surface area contributed by atoms with Crippen molar-refractivity contribution in [3.63, 3.8) is 0 Å². The number of pyridine rings is 1. The topological polar surface area (TPSA) is 50.2 Å². The highest BCUT2D eigenvalue weighted by molar-refractivity contribution is 14.1. The number of nitrogens with zero attached hydrogens (tertiary/aromatic N) is 1. The summed E-state index contributed by atoms with van der Waals surface area (Å²) in [5.41, 5.74) is -0.410. The fraction of sp³-hybridized carbons (Fsp3) is 0.250. The molecule has 6 heteroatoms. The van der Waals surface area contributed by atoms with E-state index in [0.29, 0.717) is 9.13 Å². The van der Waals surface area contributed by atoms with Gasteiger partial charge in [-0.3, -0.25) is 0 Å². The minimum absolute atomic E-state index is 0.313. The Balaban J connectivity index is 3.35. The van der Waals surface area contributed by atoms with Crippen molar-refractivity contribution in [3.05, 3.63) is 26.6 Å². The quantitative estimate of drug-likeness (QED) is 0.854. The lowest BCUT2D eigenvalue weighted by molar-refractivity contribution is 0.0687. The zero-order valence-electron chi connectivity index (χ0n) is 7.09. The Labute approximate surface area is 92.3 Å². The van der Waals surface area contributed by atoms with E-state index < -0.39 is 18.1 Å². The molecule has 3 nitrogen and oxygen atoms in total. The molecule has 0 spiro atoms. The summed E-state index contributed by atoms with van der Waals surface area (Å²) in [6.07, 6.45) is -2.75. The number of carbonyl (C=O) groups is 1. The molecule has 1 aromatic rings. The van der Waals surface area contributed by atoms with Gasteiger partial charge in [0, 0.05) is 3.57 Å². The Morgan fingerprint density at radius 1 is 1.64 bits per heavy atom. The van der Waals surface area contributed by atoms with E-state index in [9.17, 15) is 13.6 Å². The number of aromatic carboxylic acids is 1. The fourth-order valence-corrected chi connectivity index (χ4v) is 1.49. The maximum Gasteiger partial charge on any atom is 0.354 e. The van der Waals surface area contributed by atoms with Crippen molar-refractivity contribution in [2.24, 2.45) is 0 Å². The molecular weight excluding hydrogens is 307 g/mol. The van der Waals surface area contributed by atoms with Gasteiger partial charge in [-0.2, -0.15) is 0 Å². The molecule has 0 aliphatic carbocycles. The van der Waals surface area contributed by atoms with E-state index in [1.165, 1.54) is 13.0 Å². The standard InChI is InChI=1S/C8H6F2INO2/c1-3-4(11)2-5(7(9)10)12-6(3)8(13)14/h2,7H,1H3,(H,13,14). The van der Waals surface area contributed by atoms with Gasteiger partial charge in [-0.05, 0) is 41.1 Å². The van der Waals surface area contributed by atoms with Crippen LogP contribution in [-0.4, -0.2) is 16.1 Å². The van der Waals surface area contributed by atoms with Gasteiger partial charge >= 0.3 is 5.97 Å². The highest BCUT2D eigenvalue weighted by atomic mass is 127. The molecule has 0 radical (unpaired) electrons. The van der Waals surface area contributed by atoms with E-state index in [-0.39, 0.29) is 5.69 Å². The van der Waals surface area contributed by atoms with Crippen LogP contribution >= 0.6 is 22.6 Å². The molecule has 1 heterocycles. The third kappa shape index (κ3) is 2.17. The molecule has 1 aromatic heterocycles. The van der Waals surface area contributed by atoms with E-state index >= 15 is 0 Å². The molecule has 0 amide bonds. The van der Waals surface area contributed by atoms with Gasteiger partial charge in [-0.25, -0.2) is 18.6 Å². The highest BCUT2D eigenvalue weighted by Crippen LogP contribution is 2.22. The van der Waals surface area contributed by atoms with Crippen LogP contribution in [0.25, 0.3) is 0 Å². The van der Waals surface area contributed by atoms with Crippen molar-refractivity contribution < 1.29 is 18.7 Å². The van der Waals surface area contributed by atoms with Gasteiger partial charge < -0.3 is 5.11 Å². The second kappa shape index (κ2) is 4.16. The van der Waals surface area contributed by atoms with Gasteiger partial charge in [0.15, 0.2) is 5.69 Å². The van der Waals surface area contributed by atoms with Crippen molar-refractivity contribution in [2.45, 2.75) is 13.3 Å². The van der Waals surface area contributed by atoms with Crippen LogP contribution in [0.4, 0.5) is 8.78 Å². The van der Waals surface area contributed by atoms with Gasteiger partial charge in [-0.1, -0.05) is 0 Å². The predicted molar refractivity (Wildman–Crippen MR) is 53.6 cm³/mol. The number of halogens is 3. The Hall–Kier alpha value is -0.790. The summed E-state index contributed by atoms with van der Waals surface area (Å²) < 4.78 is 25.0. The molecule has 0 fully saturated rings. The van der Waals surface area contributed by atoms with Crippen molar-refractivity contribution in [3.8, 4) is 0 Å². The first kappa shape index (κ1) is 11.3. The van der Waals surface area contributed by atoms with E-state index in [1.54, 1.807) is 22.6 Å². The average Bonchev–Trinajstić information content (AvgIpc) is 2.08. The number of rotatable bonds is 2. The zero-order chi connectivity index (χ0) is 10.9. The van der Waals surface area contributed by atoms with Crippen LogP contribution in [0.2, 0.25) is 0 Å². The molecule has 0 aliphatic rings. The van der Waals surface area contributed by atoms with Gasteiger partial charge in [0.2, 0.25) is 0 Å². The maximum absolute atomic E-state index is 12.3. The minimum atomic E-state index is -2.75. The number of alkyl halides is 2. The lowest BCUT2D eigenvalue weighted by atomic mass is 10.2. The largest absolute Gasteiger partial charge is 0.477 e. The Morgan fingerprint density at radius 2 is 2.21 bits per heavy atom. The molecule has 0 aromatic carbocycles. The second-order valence-electron chi connectivity index (χ2n) is 2.61. The predicted octanol–water partition coefficient (Wildman–Crippen LogP) is 2.63. The average molecular weight is 313 g/mol. The number of hydrogen-bond acceptors (Lipinski definition) is 2. The first-order chi connectivity index (χ1) is 6.43. The lowest BCUT2D eigenvalue weighted by Crippen LogP contribution is -2.08. The summed E-state index contributed by atoms with van der Waals surface area (Å²) in [5, 5.41) is 8.69. The Morgan fingerprint density at radius 3 is 2.64 bits per heavy atom. The van der Waals surface area contributed by atoms with Crippen LogP contribution in [0.3, 0.4) is 0 Å². The third-order valence-electron chi connectivity index (χ3n) is 1.66. The molecule has 1 rings (SSSR count). The van der Waals surface area contributed by atoms with E-state index in [0.717, 1.165) is 0 Å². The number of hydrogen-bond donors (Lipinski definition) is 1. The minimum Gasteiger partial charge on any atom is -0.477 e. The monoisotopic (exact) mass is 313 g/mol. The van der Waals surface area contributed by atoms with Gasteiger partial charge in [0.25, 0.3) is 6.43 Å². The Bertz CT molecular complexity index is 382. The summed E-state index contributed by atoms with van der Waals surface area (Å²) in [5.74, 6) is -1.29. The molecule has 1 N–H and O–H groups in total. The molecule has 0 aliphatic heterocycles. The fourth-order valence-electron chi connectivity index (χ4n) is 0.916. The van der Waals surface area contributed by atoms with Crippen molar-refractivity contribution >= 4 is 28.6 Å². The number of aromatic nitrogens is 1. The molecule has 14 heavy (non-hydrogen) atoms. The van der Waals surface area contributed by atoms with Gasteiger partial charge in [-0.15, -0.1) is 0 Å². The summed E-state index contributed by atoms with van der Waals surface area (Å²) in [4.78, 5) is 14.0. The zero-order valence-corrected chi connectivity index (χ0v) is 9.25. The summed E-state index contributed by atoms with van der Waals surface area (Å²) in [6.45, 7) is 1.54. The highest BCUT2D eigenvalue weighted by Gasteiger charge is 2.17. The first-order valence-electron chi connectivity index (χ1n) is 3.62. The normalized spacial score (nSPS) is 10.6. The molecule has 76 valence electrons. The summed E-state index contributed by atoms with van der Waals surface area (Å²) >= 11 is 1.81. The smallest absolute Gasteiger partial charge is 0.354 e. The van der Waals surface area contributed by atoms with Gasteiger partial charge in [0.1, 0.15) is 5.69 Å². The van der Waals surface area contributed by atoms with E-state index in [4.69, 9.17) is 5.11 Å². The number of carboxylic acid groups (broad SMARTS) is 1. The maximum atomic E-state index is 12.3. The van der Waals surface area contributed by atoms with Gasteiger partial charge in [0.05, 0.1) is 0 Å². The molecule has 0 bridgehead atoms. The Kier molecular flexibility index (Phi) is 3.35. The molecule has 0 atom stereocenters. The van der Waals surface area contributed by atoms with Crippen molar-refractivity contribution in [1.29, 1.82) is 0 Å². The van der Waals surface area contributed by atoms with Crippen LogP contribution in [0.1, 0.15) is 28.2 Å². The van der Waals surface area contributed by atoms with Crippen LogP contribution in [0.15, 0.2) is 6.07 Å². The van der Waals surface area contributed by atoms with Crippen LogP contribution < -0.4 is 0 Å². The third-order valence-corrected chi connectivity index (χ3v) is 2.78. The molecule has 0 saturated carbocycles. The number of carboxylic acids is 1. The van der Waals surface area contributed by atoms with E-state index in [1.807, 2.05) is 0 Å². The van der Waals surface area contributed by atoms with Crippen LogP contribution in [-0.2, 0) is 0 Å². The summed E-state index contributed by atoms with van der Waals surface area (Å²) in [6, 6.07) is 1.19. The van der Waals surface area contributed by atoms with Crippen molar-refractivity contribution in [2.75, 3.05) is 0 Å². The second-order valence-corrected chi connectivity index (χ2v) is 3.77.